The van der Waals surface area contributed by atoms with Crippen LogP contribution < -0.4 is 0 Å². The van der Waals surface area contributed by atoms with Gasteiger partial charge in [-0.05, 0) is 11.1 Å². The Bertz CT molecular complexity index is 382. The highest BCUT2D eigenvalue weighted by molar-refractivity contribution is 5.62. The van der Waals surface area contributed by atoms with Crippen LogP contribution in [-0.4, -0.2) is 16.4 Å². The van der Waals surface area contributed by atoms with E-state index in [1.165, 1.54) is 11.1 Å². The summed E-state index contributed by atoms with van der Waals surface area (Å²) in [5.74, 6) is 0. The SMILES string of the molecule is O=C(O)O.c1ccc(-c2ccccc2)cc1. The first-order valence-electron chi connectivity index (χ1n) is 4.72. The molecule has 0 heterocycles. The minimum atomic E-state index is -1.83. The highest BCUT2D eigenvalue weighted by atomic mass is 16.6. The van der Waals surface area contributed by atoms with Crippen LogP contribution in [0.5, 0.6) is 0 Å². The van der Waals surface area contributed by atoms with Crippen LogP contribution in [0.25, 0.3) is 11.1 Å². The lowest BCUT2D eigenvalue weighted by Crippen LogP contribution is -1.81. The normalized spacial score (nSPS) is 8.75. The molecule has 0 radical (unpaired) electrons. The molecule has 0 unspecified atom stereocenters. The monoisotopic (exact) mass is 216 g/mol. The van der Waals surface area contributed by atoms with Crippen molar-refractivity contribution in [3.63, 3.8) is 0 Å². The number of carboxylic acid groups (broad SMARTS) is 2. The molecule has 16 heavy (non-hydrogen) atoms. The summed E-state index contributed by atoms with van der Waals surface area (Å²) < 4.78 is 0. The third kappa shape index (κ3) is 4.28. The van der Waals surface area contributed by atoms with Crippen LogP contribution in [0.4, 0.5) is 4.79 Å². The van der Waals surface area contributed by atoms with Gasteiger partial charge >= 0.3 is 6.16 Å². The van der Waals surface area contributed by atoms with Crippen LogP contribution >= 0.6 is 0 Å². The molecule has 0 aliphatic carbocycles. The van der Waals surface area contributed by atoms with E-state index in [4.69, 9.17) is 15.0 Å². The van der Waals surface area contributed by atoms with E-state index in [0.717, 1.165) is 0 Å². The molecule has 0 aromatic heterocycles. The van der Waals surface area contributed by atoms with Gasteiger partial charge in [-0.3, -0.25) is 0 Å². The van der Waals surface area contributed by atoms with Crippen LogP contribution in [0.1, 0.15) is 0 Å². The Balaban J connectivity index is 0.000000280. The maximum atomic E-state index is 8.56. The summed E-state index contributed by atoms with van der Waals surface area (Å²) in [5, 5.41) is 13.9. The van der Waals surface area contributed by atoms with E-state index in [0.29, 0.717) is 0 Å². The predicted octanol–water partition coefficient (Wildman–Crippen LogP) is 3.58. The second kappa shape index (κ2) is 6.24. The lowest BCUT2D eigenvalue weighted by molar-refractivity contribution is 0.137. The molecule has 2 aromatic rings. The zero-order valence-corrected chi connectivity index (χ0v) is 8.58. The Labute approximate surface area is 93.6 Å². The third-order valence-corrected chi connectivity index (χ3v) is 1.88. The fourth-order valence-corrected chi connectivity index (χ4v) is 1.26. The van der Waals surface area contributed by atoms with E-state index >= 15 is 0 Å². The summed E-state index contributed by atoms with van der Waals surface area (Å²) >= 11 is 0. The largest absolute Gasteiger partial charge is 0.503 e. The summed E-state index contributed by atoms with van der Waals surface area (Å²) in [7, 11) is 0. The van der Waals surface area contributed by atoms with Gasteiger partial charge in [0, 0.05) is 0 Å². The van der Waals surface area contributed by atoms with Gasteiger partial charge in [0.25, 0.3) is 0 Å². The molecule has 2 rings (SSSR count). The van der Waals surface area contributed by atoms with Crippen molar-refractivity contribution in [1.82, 2.24) is 0 Å². The van der Waals surface area contributed by atoms with Crippen molar-refractivity contribution >= 4 is 6.16 Å². The lowest BCUT2D eigenvalue weighted by Gasteiger charge is -1.98. The Morgan fingerprint density at radius 2 is 0.938 bits per heavy atom. The molecule has 0 bridgehead atoms. The quantitative estimate of drug-likeness (QED) is 0.766. The molecule has 0 aliphatic rings. The summed E-state index contributed by atoms with van der Waals surface area (Å²) in [5.41, 5.74) is 2.55. The van der Waals surface area contributed by atoms with Crippen LogP contribution in [0.15, 0.2) is 60.7 Å². The van der Waals surface area contributed by atoms with Crippen LogP contribution in [0.2, 0.25) is 0 Å². The number of benzene rings is 2. The standard InChI is InChI=1S/C12H10.CH2O3/c1-3-7-11(8-4-1)12-9-5-2-6-10-12;2-1(3)4/h1-10H;(H2,2,3,4). The molecule has 0 spiro atoms. The molecular weight excluding hydrogens is 204 g/mol. The molecule has 0 aliphatic heterocycles. The molecule has 2 N–H and O–H groups in total. The minimum Gasteiger partial charge on any atom is -0.450 e. The fourth-order valence-electron chi connectivity index (χ4n) is 1.26. The molecule has 3 heteroatoms. The van der Waals surface area contributed by atoms with E-state index in [1.807, 2.05) is 12.1 Å². The van der Waals surface area contributed by atoms with Crippen molar-refractivity contribution in [3.8, 4) is 11.1 Å². The second-order valence-electron chi connectivity index (χ2n) is 3.01. The van der Waals surface area contributed by atoms with E-state index < -0.39 is 6.16 Å². The van der Waals surface area contributed by atoms with E-state index in [9.17, 15) is 0 Å². The van der Waals surface area contributed by atoms with Gasteiger partial charge in [-0.2, -0.15) is 0 Å². The second-order valence-corrected chi connectivity index (χ2v) is 3.01. The lowest BCUT2D eigenvalue weighted by atomic mass is 10.1. The summed E-state index contributed by atoms with van der Waals surface area (Å²) in [4.78, 5) is 8.56. The molecule has 2 aromatic carbocycles. The number of rotatable bonds is 1. The van der Waals surface area contributed by atoms with Crippen molar-refractivity contribution in [3.05, 3.63) is 60.7 Å². The molecule has 3 nitrogen and oxygen atoms in total. The van der Waals surface area contributed by atoms with Gasteiger partial charge in [0.1, 0.15) is 0 Å². The topological polar surface area (TPSA) is 57.5 Å². The molecule has 0 fully saturated rings. The zero-order valence-electron chi connectivity index (χ0n) is 8.58. The molecular formula is C13H12O3. The van der Waals surface area contributed by atoms with Crippen molar-refractivity contribution in [1.29, 1.82) is 0 Å². The number of hydrogen-bond donors (Lipinski definition) is 2. The van der Waals surface area contributed by atoms with Crippen LogP contribution in [0, 0.1) is 0 Å². The van der Waals surface area contributed by atoms with Gasteiger partial charge in [-0.15, -0.1) is 0 Å². The maximum absolute atomic E-state index is 8.56. The van der Waals surface area contributed by atoms with Gasteiger partial charge in [0.15, 0.2) is 0 Å². The third-order valence-electron chi connectivity index (χ3n) is 1.88. The molecule has 0 atom stereocenters. The Morgan fingerprint density at radius 3 is 1.19 bits per heavy atom. The Morgan fingerprint density at radius 1 is 0.688 bits per heavy atom. The van der Waals surface area contributed by atoms with E-state index in [2.05, 4.69) is 48.5 Å². The van der Waals surface area contributed by atoms with E-state index in [1.54, 1.807) is 0 Å². The van der Waals surface area contributed by atoms with Gasteiger partial charge < -0.3 is 10.2 Å². The summed E-state index contributed by atoms with van der Waals surface area (Å²) in [6.45, 7) is 0. The zero-order chi connectivity index (χ0) is 11.8. The maximum Gasteiger partial charge on any atom is 0.503 e. The van der Waals surface area contributed by atoms with Crippen molar-refractivity contribution in [2.45, 2.75) is 0 Å². The van der Waals surface area contributed by atoms with Gasteiger partial charge in [-0.25, -0.2) is 4.79 Å². The van der Waals surface area contributed by atoms with Gasteiger partial charge in [0.2, 0.25) is 0 Å². The Kier molecular flexibility index (Phi) is 4.60. The summed E-state index contributed by atoms with van der Waals surface area (Å²) in [6.07, 6.45) is -1.83. The van der Waals surface area contributed by atoms with Gasteiger partial charge in [-0.1, -0.05) is 60.7 Å². The summed E-state index contributed by atoms with van der Waals surface area (Å²) in [6, 6.07) is 20.8. The van der Waals surface area contributed by atoms with Gasteiger partial charge in [0.05, 0.1) is 0 Å². The smallest absolute Gasteiger partial charge is 0.450 e. The van der Waals surface area contributed by atoms with Crippen molar-refractivity contribution < 1.29 is 15.0 Å². The first kappa shape index (κ1) is 11.8. The van der Waals surface area contributed by atoms with E-state index in [-0.39, 0.29) is 0 Å². The highest BCUT2D eigenvalue weighted by Gasteiger charge is 1.91. The Hall–Kier alpha value is -2.29. The highest BCUT2D eigenvalue weighted by Crippen LogP contribution is 2.17. The molecule has 82 valence electrons. The first-order valence-corrected chi connectivity index (χ1v) is 4.72. The van der Waals surface area contributed by atoms with Crippen LogP contribution in [-0.2, 0) is 0 Å². The average molecular weight is 216 g/mol. The minimum absolute atomic E-state index is 1.28. The predicted molar refractivity (Wildman–Crippen MR) is 62.5 cm³/mol. The number of carbonyl (C=O) groups is 1. The van der Waals surface area contributed by atoms with Crippen molar-refractivity contribution in [2.24, 2.45) is 0 Å². The average Bonchev–Trinajstić information content (AvgIpc) is 2.31. The van der Waals surface area contributed by atoms with Crippen molar-refractivity contribution in [2.75, 3.05) is 0 Å². The molecule has 0 saturated heterocycles. The first-order chi connectivity index (χ1) is 7.70. The molecule has 0 amide bonds. The number of hydrogen-bond acceptors (Lipinski definition) is 1. The van der Waals surface area contributed by atoms with Crippen LogP contribution in [0.3, 0.4) is 0 Å². The molecule has 0 saturated carbocycles. The fraction of sp³-hybridized carbons (Fsp3) is 0.